The molecule has 76 valence electrons. The summed E-state index contributed by atoms with van der Waals surface area (Å²) in [4.78, 5) is 14.5. The number of aliphatic imine (C=N–C) groups is 1. The Kier molecular flexibility index (Phi) is 4.67. The van der Waals surface area contributed by atoms with Gasteiger partial charge in [0.05, 0.1) is 5.92 Å². The molecule has 0 saturated carbocycles. The van der Waals surface area contributed by atoms with Crippen molar-refractivity contribution in [1.82, 2.24) is 0 Å². The minimum absolute atomic E-state index is 0.268. The second-order valence-corrected chi connectivity index (χ2v) is 4.49. The smallest absolute Gasteiger partial charge is 0.311 e. The summed E-state index contributed by atoms with van der Waals surface area (Å²) in [7, 11) is 0. The van der Waals surface area contributed by atoms with Crippen molar-refractivity contribution < 1.29 is 9.90 Å². The van der Waals surface area contributed by atoms with Crippen LogP contribution in [-0.4, -0.2) is 23.8 Å². The van der Waals surface area contributed by atoms with Crippen LogP contribution in [0.1, 0.15) is 34.1 Å². The molecular formula is C10H19NO2. The van der Waals surface area contributed by atoms with Crippen molar-refractivity contribution in [1.29, 1.82) is 0 Å². The molecule has 1 unspecified atom stereocenters. The van der Waals surface area contributed by atoms with E-state index in [1.807, 2.05) is 0 Å². The average Bonchev–Trinajstić information content (AvgIpc) is 1.95. The number of nitrogens with zero attached hydrogens (tertiary/aromatic N) is 1. The van der Waals surface area contributed by atoms with Gasteiger partial charge < -0.3 is 5.11 Å². The first-order valence-electron chi connectivity index (χ1n) is 4.56. The van der Waals surface area contributed by atoms with Crippen molar-refractivity contribution in [3.8, 4) is 0 Å². The molecule has 0 aromatic rings. The van der Waals surface area contributed by atoms with Crippen LogP contribution in [0.5, 0.6) is 0 Å². The third kappa shape index (κ3) is 7.50. The Morgan fingerprint density at radius 1 is 1.54 bits per heavy atom. The molecule has 0 aliphatic heterocycles. The van der Waals surface area contributed by atoms with Crippen LogP contribution in [0.3, 0.4) is 0 Å². The predicted octanol–water partition coefficient (Wildman–Crippen LogP) is 2.21. The fourth-order valence-corrected chi connectivity index (χ4v) is 0.696. The van der Waals surface area contributed by atoms with Crippen LogP contribution >= 0.6 is 0 Å². The molecule has 0 radical (unpaired) electrons. The van der Waals surface area contributed by atoms with E-state index in [0.29, 0.717) is 6.54 Å². The van der Waals surface area contributed by atoms with Gasteiger partial charge in [-0.15, -0.1) is 0 Å². The molecule has 1 atom stereocenters. The van der Waals surface area contributed by atoms with Gasteiger partial charge in [0.15, 0.2) is 0 Å². The zero-order valence-electron chi connectivity index (χ0n) is 8.87. The molecule has 1 N–H and O–H groups in total. The van der Waals surface area contributed by atoms with E-state index < -0.39 is 11.9 Å². The summed E-state index contributed by atoms with van der Waals surface area (Å²) in [6, 6.07) is 0. The first-order valence-corrected chi connectivity index (χ1v) is 4.56. The van der Waals surface area contributed by atoms with Crippen molar-refractivity contribution in [2.24, 2.45) is 16.3 Å². The van der Waals surface area contributed by atoms with Gasteiger partial charge in [0.2, 0.25) is 0 Å². The van der Waals surface area contributed by atoms with Crippen molar-refractivity contribution in [2.75, 3.05) is 6.54 Å². The summed E-state index contributed by atoms with van der Waals surface area (Å²) < 4.78 is 0. The summed E-state index contributed by atoms with van der Waals surface area (Å²) >= 11 is 0. The van der Waals surface area contributed by atoms with E-state index in [1.54, 1.807) is 6.92 Å². The van der Waals surface area contributed by atoms with Crippen LogP contribution in [0, 0.1) is 11.3 Å². The highest BCUT2D eigenvalue weighted by atomic mass is 16.4. The molecule has 0 spiro atoms. The Bertz CT molecular complexity index is 192. The highest BCUT2D eigenvalue weighted by molar-refractivity contribution is 5.87. The lowest BCUT2D eigenvalue weighted by Gasteiger charge is -2.15. The van der Waals surface area contributed by atoms with Gasteiger partial charge in [-0.1, -0.05) is 20.8 Å². The Hall–Kier alpha value is -0.860. The van der Waals surface area contributed by atoms with E-state index in [9.17, 15) is 4.79 Å². The molecule has 0 aromatic heterocycles. The molecule has 0 amide bonds. The Labute approximate surface area is 79.9 Å². The summed E-state index contributed by atoms with van der Waals surface area (Å²) in [5.41, 5.74) is 0.268. The molecule has 0 aliphatic carbocycles. The molecule has 0 saturated heterocycles. The number of rotatable bonds is 4. The predicted molar refractivity (Wildman–Crippen MR) is 54.2 cm³/mol. The second-order valence-electron chi connectivity index (χ2n) is 4.49. The maximum atomic E-state index is 10.4. The highest BCUT2D eigenvalue weighted by Gasteiger charge is 2.09. The number of carboxylic acids is 1. The standard InChI is InChI=1S/C10H19NO2/c1-8(9(12)13)7-11-6-5-10(2,3)4/h7-8H,5-6H2,1-4H3,(H,12,13). The Morgan fingerprint density at radius 3 is 2.46 bits per heavy atom. The molecule has 0 rings (SSSR count). The van der Waals surface area contributed by atoms with Crippen molar-refractivity contribution in [3.05, 3.63) is 0 Å². The third-order valence-electron chi connectivity index (χ3n) is 1.71. The van der Waals surface area contributed by atoms with Crippen LogP contribution < -0.4 is 0 Å². The molecule has 0 heterocycles. The summed E-state index contributed by atoms with van der Waals surface area (Å²) in [6.45, 7) is 8.76. The van der Waals surface area contributed by atoms with Gasteiger partial charge in [0.25, 0.3) is 0 Å². The number of carboxylic acid groups (broad SMARTS) is 1. The molecule has 3 nitrogen and oxygen atoms in total. The van der Waals surface area contributed by atoms with Crippen LogP contribution in [0.15, 0.2) is 4.99 Å². The molecule has 13 heavy (non-hydrogen) atoms. The number of aliphatic carboxylic acids is 1. The third-order valence-corrected chi connectivity index (χ3v) is 1.71. The molecule has 0 aromatic carbocycles. The van der Waals surface area contributed by atoms with Crippen LogP contribution in [0.2, 0.25) is 0 Å². The molecule has 3 heteroatoms. The van der Waals surface area contributed by atoms with Gasteiger partial charge in [-0.05, 0) is 18.8 Å². The average molecular weight is 185 g/mol. The monoisotopic (exact) mass is 185 g/mol. The van der Waals surface area contributed by atoms with Gasteiger partial charge in [0, 0.05) is 12.8 Å². The molecule has 0 fully saturated rings. The van der Waals surface area contributed by atoms with Gasteiger partial charge in [0.1, 0.15) is 0 Å². The van der Waals surface area contributed by atoms with Crippen LogP contribution in [-0.2, 0) is 4.79 Å². The first-order chi connectivity index (χ1) is 5.83. The van der Waals surface area contributed by atoms with E-state index in [4.69, 9.17) is 5.11 Å². The van der Waals surface area contributed by atoms with E-state index >= 15 is 0 Å². The highest BCUT2D eigenvalue weighted by Crippen LogP contribution is 2.17. The molecule has 0 bridgehead atoms. The Morgan fingerprint density at radius 2 is 2.08 bits per heavy atom. The quantitative estimate of drug-likeness (QED) is 0.683. The first kappa shape index (κ1) is 12.1. The summed E-state index contributed by atoms with van der Waals surface area (Å²) in [5, 5.41) is 8.55. The molecule has 0 aliphatic rings. The molecular weight excluding hydrogens is 166 g/mol. The van der Waals surface area contributed by atoms with E-state index in [-0.39, 0.29) is 5.41 Å². The largest absolute Gasteiger partial charge is 0.481 e. The Balaban J connectivity index is 3.70. The van der Waals surface area contributed by atoms with E-state index in [0.717, 1.165) is 6.42 Å². The fourth-order valence-electron chi connectivity index (χ4n) is 0.696. The minimum atomic E-state index is -0.820. The van der Waals surface area contributed by atoms with Crippen molar-refractivity contribution in [2.45, 2.75) is 34.1 Å². The number of hydrogen-bond acceptors (Lipinski definition) is 2. The SMILES string of the molecule is CC(C=NCCC(C)(C)C)C(=O)O. The number of hydrogen-bond donors (Lipinski definition) is 1. The lowest BCUT2D eigenvalue weighted by atomic mass is 9.92. The van der Waals surface area contributed by atoms with Gasteiger partial charge in [-0.2, -0.15) is 0 Å². The maximum absolute atomic E-state index is 10.4. The van der Waals surface area contributed by atoms with Gasteiger partial charge >= 0.3 is 5.97 Å². The van der Waals surface area contributed by atoms with Crippen LogP contribution in [0.25, 0.3) is 0 Å². The van der Waals surface area contributed by atoms with Crippen molar-refractivity contribution in [3.63, 3.8) is 0 Å². The lowest BCUT2D eigenvalue weighted by Crippen LogP contribution is -2.11. The van der Waals surface area contributed by atoms with Crippen LogP contribution in [0.4, 0.5) is 0 Å². The summed E-state index contributed by atoms with van der Waals surface area (Å²) in [6.07, 6.45) is 2.49. The number of carbonyl (C=O) groups is 1. The van der Waals surface area contributed by atoms with Crippen molar-refractivity contribution >= 4 is 12.2 Å². The summed E-state index contributed by atoms with van der Waals surface area (Å²) in [5.74, 6) is -1.29. The lowest BCUT2D eigenvalue weighted by molar-refractivity contribution is -0.138. The zero-order valence-corrected chi connectivity index (χ0v) is 8.87. The second kappa shape index (κ2) is 5.00. The van der Waals surface area contributed by atoms with Gasteiger partial charge in [-0.25, -0.2) is 0 Å². The van der Waals surface area contributed by atoms with E-state index in [1.165, 1.54) is 6.21 Å². The normalized spacial score (nSPS) is 14.8. The fraction of sp³-hybridized carbons (Fsp3) is 0.800. The maximum Gasteiger partial charge on any atom is 0.311 e. The van der Waals surface area contributed by atoms with E-state index in [2.05, 4.69) is 25.8 Å². The minimum Gasteiger partial charge on any atom is -0.481 e. The zero-order chi connectivity index (χ0) is 10.5. The topological polar surface area (TPSA) is 49.7 Å². The van der Waals surface area contributed by atoms with Gasteiger partial charge in [-0.3, -0.25) is 9.79 Å².